The lowest BCUT2D eigenvalue weighted by Crippen LogP contribution is -2.43. The van der Waals surface area contributed by atoms with E-state index >= 15 is 0 Å². The molecule has 0 saturated carbocycles. The van der Waals surface area contributed by atoms with Gasteiger partial charge in [-0.3, -0.25) is 9.69 Å². The molecule has 1 aliphatic rings. The maximum Gasteiger partial charge on any atom is 0.330 e. The number of nitrogens with one attached hydrogen (secondary N) is 1. The molecule has 6 nitrogen and oxygen atoms in total. The Balaban J connectivity index is 1.68. The molecule has 3 N–H and O–H groups in total. The van der Waals surface area contributed by atoms with Crippen molar-refractivity contribution in [3.05, 3.63) is 65.7 Å². The first kappa shape index (κ1) is 21.8. The largest absolute Gasteiger partial charge is 0.508 e. The number of carboxylic acids is 1. The topological polar surface area (TPSA) is 89.9 Å². The van der Waals surface area contributed by atoms with Gasteiger partial charge in [-0.2, -0.15) is 0 Å². The number of carbonyl (C=O) groups excluding carboxylic acids is 1. The third-order valence-corrected chi connectivity index (χ3v) is 6.18. The van der Waals surface area contributed by atoms with E-state index in [4.69, 9.17) is 0 Å². The number of hydrogen-bond acceptors (Lipinski definition) is 4. The monoisotopic (exact) mass is 410 g/mol. The molecular formula is C24H30N2O4. The molecule has 2 aromatic carbocycles. The Bertz CT molecular complexity index is 871. The zero-order chi connectivity index (χ0) is 21.7. The molecule has 0 aliphatic carbocycles. The van der Waals surface area contributed by atoms with Gasteiger partial charge >= 0.3 is 5.97 Å². The number of aliphatic carboxylic acids is 1. The van der Waals surface area contributed by atoms with E-state index in [1.54, 1.807) is 36.4 Å². The molecule has 30 heavy (non-hydrogen) atoms. The van der Waals surface area contributed by atoms with Crippen LogP contribution >= 0.6 is 0 Å². The Labute approximate surface area is 177 Å². The van der Waals surface area contributed by atoms with E-state index in [9.17, 15) is 19.8 Å². The molecule has 1 fully saturated rings. The van der Waals surface area contributed by atoms with Crippen LogP contribution in [-0.2, 0) is 9.59 Å². The van der Waals surface area contributed by atoms with E-state index < -0.39 is 12.0 Å². The second-order valence-electron chi connectivity index (χ2n) is 8.20. The Morgan fingerprint density at radius 3 is 2.53 bits per heavy atom. The summed E-state index contributed by atoms with van der Waals surface area (Å²) >= 11 is 0. The second kappa shape index (κ2) is 9.76. The van der Waals surface area contributed by atoms with Crippen LogP contribution in [0.4, 0.5) is 0 Å². The van der Waals surface area contributed by atoms with Crippen molar-refractivity contribution in [1.82, 2.24) is 10.2 Å². The third kappa shape index (κ3) is 5.19. The van der Waals surface area contributed by atoms with E-state index in [0.717, 1.165) is 18.5 Å². The number of amides is 1. The number of phenolic OH excluding ortho intramolecular Hbond substituents is 1. The number of carboxylic acid groups (broad SMARTS) is 1. The first-order valence-electron chi connectivity index (χ1n) is 10.5. The molecule has 0 bridgehead atoms. The average molecular weight is 411 g/mol. The summed E-state index contributed by atoms with van der Waals surface area (Å²) in [4.78, 5) is 26.5. The maximum absolute atomic E-state index is 12.6. The first-order chi connectivity index (χ1) is 14.4. The normalized spacial score (nSPS) is 22.9. The van der Waals surface area contributed by atoms with Crippen molar-refractivity contribution in [3.63, 3.8) is 0 Å². The highest BCUT2D eigenvalue weighted by atomic mass is 16.4. The number of piperidine rings is 1. The lowest BCUT2D eigenvalue weighted by molar-refractivity contribution is -0.142. The molecule has 6 heteroatoms. The standard InChI is InChI=1S/C24H30N2O4/c1-16-11-13-26(23(17(16)2)19-9-6-10-20(27)15-19)14-12-21(28)25-22(24(29)30)18-7-4-3-5-8-18/h3-10,15-17,22-23,27H,11-14H2,1-2H3,(H,25,28)(H,29,30)/t16-,17-,22?,23+/m1/s1. The quantitative estimate of drug-likeness (QED) is 0.647. The summed E-state index contributed by atoms with van der Waals surface area (Å²) in [6.07, 6.45) is 1.26. The summed E-state index contributed by atoms with van der Waals surface area (Å²) in [7, 11) is 0. The van der Waals surface area contributed by atoms with Gasteiger partial charge in [-0.05, 0) is 48.1 Å². The predicted molar refractivity (Wildman–Crippen MR) is 115 cm³/mol. The SMILES string of the molecule is C[C@@H]1[C@H](C)CCN(CCC(=O)NC(C(=O)O)c2ccccc2)[C@@H]1c1cccc(O)c1. The van der Waals surface area contributed by atoms with Gasteiger partial charge in [0, 0.05) is 19.0 Å². The lowest BCUT2D eigenvalue weighted by Gasteiger charge is -2.43. The first-order valence-corrected chi connectivity index (χ1v) is 10.5. The number of phenols is 1. The highest BCUT2D eigenvalue weighted by Gasteiger charge is 2.34. The van der Waals surface area contributed by atoms with Crippen molar-refractivity contribution >= 4 is 11.9 Å². The van der Waals surface area contributed by atoms with E-state index in [1.165, 1.54) is 0 Å². The van der Waals surface area contributed by atoms with Crippen molar-refractivity contribution in [1.29, 1.82) is 0 Å². The number of likely N-dealkylation sites (tertiary alicyclic amines) is 1. The van der Waals surface area contributed by atoms with Gasteiger partial charge in [-0.1, -0.05) is 56.3 Å². The number of nitrogens with zero attached hydrogens (tertiary/aromatic N) is 1. The molecule has 0 radical (unpaired) electrons. The lowest BCUT2D eigenvalue weighted by atomic mass is 9.79. The number of benzene rings is 2. The van der Waals surface area contributed by atoms with E-state index in [1.807, 2.05) is 18.2 Å². The van der Waals surface area contributed by atoms with E-state index in [0.29, 0.717) is 23.9 Å². The highest BCUT2D eigenvalue weighted by molar-refractivity contribution is 5.84. The minimum absolute atomic E-state index is 0.109. The summed E-state index contributed by atoms with van der Waals surface area (Å²) in [5.74, 6) is -0.209. The van der Waals surface area contributed by atoms with Crippen LogP contribution in [0.15, 0.2) is 54.6 Å². The fourth-order valence-electron chi connectivity index (χ4n) is 4.30. The van der Waals surface area contributed by atoms with Gasteiger partial charge in [-0.25, -0.2) is 4.79 Å². The Kier molecular flexibility index (Phi) is 7.11. The number of carbonyl (C=O) groups is 2. The van der Waals surface area contributed by atoms with Crippen LogP contribution in [0, 0.1) is 11.8 Å². The molecule has 1 amide bonds. The second-order valence-corrected chi connectivity index (χ2v) is 8.20. The molecule has 0 aromatic heterocycles. The van der Waals surface area contributed by atoms with Gasteiger partial charge < -0.3 is 15.5 Å². The van der Waals surface area contributed by atoms with Crippen LogP contribution in [0.5, 0.6) is 5.75 Å². The minimum atomic E-state index is -1.08. The van der Waals surface area contributed by atoms with Gasteiger partial charge in [0.25, 0.3) is 0 Å². The number of hydrogen-bond donors (Lipinski definition) is 3. The molecule has 160 valence electrons. The molecule has 1 aliphatic heterocycles. The average Bonchev–Trinajstić information content (AvgIpc) is 2.73. The van der Waals surface area contributed by atoms with E-state index in [-0.39, 0.29) is 24.1 Å². The zero-order valence-corrected chi connectivity index (χ0v) is 17.5. The van der Waals surface area contributed by atoms with Gasteiger partial charge in [-0.15, -0.1) is 0 Å². The van der Waals surface area contributed by atoms with Gasteiger partial charge in [0.15, 0.2) is 6.04 Å². The summed E-state index contributed by atoms with van der Waals surface area (Å²) in [5, 5.41) is 22.1. The van der Waals surface area contributed by atoms with Gasteiger partial charge in [0.05, 0.1) is 0 Å². The van der Waals surface area contributed by atoms with Crippen LogP contribution in [-0.4, -0.2) is 40.1 Å². The van der Waals surface area contributed by atoms with Crippen LogP contribution < -0.4 is 5.32 Å². The summed E-state index contributed by atoms with van der Waals surface area (Å²) in [5.41, 5.74) is 1.60. The molecule has 4 atom stereocenters. The third-order valence-electron chi connectivity index (χ3n) is 6.18. The Morgan fingerprint density at radius 1 is 1.13 bits per heavy atom. The van der Waals surface area contributed by atoms with Crippen LogP contribution in [0.2, 0.25) is 0 Å². The minimum Gasteiger partial charge on any atom is -0.508 e. The summed E-state index contributed by atoms with van der Waals surface area (Å²) in [6.45, 7) is 5.84. The molecule has 3 rings (SSSR count). The van der Waals surface area contributed by atoms with Crippen LogP contribution in [0.1, 0.15) is 49.9 Å². The van der Waals surface area contributed by atoms with E-state index in [2.05, 4.69) is 24.1 Å². The molecule has 2 aromatic rings. The van der Waals surface area contributed by atoms with Crippen molar-refractivity contribution in [3.8, 4) is 5.75 Å². The zero-order valence-electron chi connectivity index (χ0n) is 17.5. The predicted octanol–water partition coefficient (Wildman–Crippen LogP) is 3.74. The summed E-state index contributed by atoms with van der Waals surface area (Å²) in [6, 6.07) is 15.1. The molecule has 0 spiro atoms. The summed E-state index contributed by atoms with van der Waals surface area (Å²) < 4.78 is 0. The number of aromatic hydroxyl groups is 1. The Hall–Kier alpha value is -2.86. The van der Waals surface area contributed by atoms with Gasteiger partial charge in [0.2, 0.25) is 5.91 Å². The Morgan fingerprint density at radius 2 is 1.87 bits per heavy atom. The van der Waals surface area contributed by atoms with Gasteiger partial charge in [0.1, 0.15) is 5.75 Å². The molecule has 1 unspecified atom stereocenters. The van der Waals surface area contributed by atoms with Crippen LogP contribution in [0.25, 0.3) is 0 Å². The molecule has 1 saturated heterocycles. The fourth-order valence-corrected chi connectivity index (χ4v) is 4.30. The number of rotatable bonds is 7. The molecule has 1 heterocycles. The van der Waals surface area contributed by atoms with Crippen LogP contribution in [0.3, 0.4) is 0 Å². The fraction of sp³-hybridized carbons (Fsp3) is 0.417. The van der Waals surface area contributed by atoms with Crippen molar-refractivity contribution in [2.75, 3.05) is 13.1 Å². The maximum atomic E-state index is 12.6. The molecular weight excluding hydrogens is 380 g/mol. The highest BCUT2D eigenvalue weighted by Crippen LogP contribution is 2.39. The van der Waals surface area contributed by atoms with Crippen molar-refractivity contribution in [2.24, 2.45) is 11.8 Å². The van der Waals surface area contributed by atoms with Crippen molar-refractivity contribution in [2.45, 2.75) is 38.8 Å². The van der Waals surface area contributed by atoms with Crippen molar-refractivity contribution < 1.29 is 19.8 Å². The smallest absolute Gasteiger partial charge is 0.330 e.